The fourth-order valence-electron chi connectivity index (χ4n) is 4.26. The number of β-lactam (4-membered cyclic amide) rings is 1. The lowest BCUT2D eigenvalue weighted by Gasteiger charge is -2.50. The number of pyridine rings is 1. The minimum absolute atomic E-state index is 0.0245. The Balaban J connectivity index is 1.38. The number of rotatable bonds is 7. The molecular weight excluding hydrogens is 488 g/mol. The summed E-state index contributed by atoms with van der Waals surface area (Å²) < 4.78 is 6.70. The highest BCUT2D eigenvalue weighted by Crippen LogP contribution is 2.40. The number of thioether (sulfide) groups is 1. The second kappa shape index (κ2) is 9.34. The van der Waals surface area contributed by atoms with Crippen molar-refractivity contribution >= 4 is 52.0 Å². The van der Waals surface area contributed by atoms with Gasteiger partial charge in [-0.2, -0.15) is 4.57 Å². The molecule has 3 aromatic rings. The number of para-hydroxylation sites is 1. The number of carbonyl (C=O) groups excluding carboxylic acids is 3. The van der Waals surface area contributed by atoms with Crippen LogP contribution < -0.4 is 20.7 Å². The molecule has 2 amide bonds. The van der Waals surface area contributed by atoms with Crippen LogP contribution in [0.3, 0.4) is 0 Å². The van der Waals surface area contributed by atoms with Gasteiger partial charge in [-0.15, -0.1) is 11.8 Å². The molecule has 1 saturated heterocycles. The van der Waals surface area contributed by atoms with E-state index in [1.54, 1.807) is 0 Å². The summed E-state index contributed by atoms with van der Waals surface area (Å²) in [6, 6.07) is 11.9. The molecule has 2 atom stereocenters. The molecule has 2 aliphatic heterocycles. The first-order valence-electron chi connectivity index (χ1n) is 10.8. The van der Waals surface area contributed by atoms with Gasteiger partial charge in [-0.25, -0.2) is 0 Å². The van der Waals surface area contributed by atoms with Crippen molar-refractivity contribution in [1.82, 2.24) is 15.4 Å². The number of aromatic nitrogens is 2. The molecule has 5 rings (SSSR count). The van der Waals surface area contributed by atoms with Crippen molar-refractivity contribution in [1.29, 1.82) is 0 Å². The molecular formula is C23H20N6O6S. The summed E-state index contributed by atoms with van der Waals surface area (Å²) >= 11 is 1.35. The smallest absolute Gasteiger partial charge is 0.276 e. The van der Waals surface area contributed by atoms with Crippen molar-refractivity contribution in [3.63, 3.8) is 0 Å². The Morgan fingerprint density at radius 2 is 2.14 bits per heavy atom. The molecule has 2 aromatic heterocycles. The number of benzene rings is 1. The van der Waals surface area contributed by atoms with Crippen LogP contribution in [0.15, 0.2) is 69.6 Å². The number of oxime groups is 1. The van der Waals surface area contributed by atoms with E-state index in [4.69, 9.17) is 15.1 Å². The number of amides is 2. The maximum atomic E-state index is 13.0. The van der Waals surface area contributed by atoms with Crippen LogP contribution in [0.4, 0.5) is 5.88 Å². The predicted molar refractivity (Wildman–Crippen MR) is 126 cm³/mol. The number of nitrogens with zero attached hydrogens (tertiary/aromatic N) is 4. The van der Waals surface area contributed by atoms with Gasteiger partial charge in [-0.3, -0.25) is 14.5 Å². The number of nitrogens with two attached hydrogens (primary N) is 1. The van der Waals surface area contributed by atoms with Crippen molar-refractivity contribution in [2.24, 2.45) is 5.16 Å². The maximum Gasteiger partial charge on any atom is 0.276 e. The molecule has 2 aliphatic rings. The minimum atomic E-state index is -1.45. The van der Waals surface area contributed by atoms with Crippen molar-refractivity contribution < 1.29 is 33.4 Å². The largest absolute Gasteiger partial charge is 0.543 e. The van der Waals surface area contributed by atoms with E-state index in [1.807, 2.05) is 47.2 Å². The Kier molecular flexibility index (Phi) is 6.06. The highest BCUT2D eigenvalue weighted by molar-refractivity contribution is 8.00. The number of carbonyl (C=O) groups is 3. The second-order valence-electron chi connectivity index (χ2n) is 8.03. The minimum Gasteiger partial charge on any atom is -0.543 e. The molecule has 0 radical (unpaired) electrons. The molecule has 36 heavy (non-hydrogen) atoms. The van der Waals surface area contributed by atoms with Crippen LogP contribution in [0.25, 0.3) is 10.9 Å². The standard InChI is InChI=1S/C23H20N6O6S/c1-34-27-17(14-9-16(24)35-26-14)20(30)25-18-21(31)29-19(23(32)33)13(11-36-22(18)29)10-28-8-4-6-12-5-2-3-7-15(12)28/h2-9,18,22H,10-11H2,1H3,(H3-,24,25,26,30,32,33)/b27-17-/t18?,22-/m1/s1. The number of carboxylic acid groups (broad SMARTS) is 1. The topological polar surface area (TPSA) is 167 Å². The molecule has 0 saturated carbocycles. The fourth-order valence-corrected chi connectivity index (χ4v) is 5.60. The van der Waals surface area contributed by atoms with Gasteiger partial charge in [-0.1, -0.05) is 22.4 Å². The van der Waals surface area contributed by atoms with Gasteiger partial charge in [0.2, 0.25) is 11.4 Å². The lowest BCUT2D eigenvalue weighted by Crippen LogP contribution is -2.71. The molecule has 0 spiro atoms. The normalized spacial score (nSPS) is 19.6. The van der Waals surface area contributed by atoms with Crippen LogP contribution in [0.1, 0.15) is 5.69 Å². The van der Waals surface area contributed by atoms with Crippen LogP contribution >= 0.6 is 11.8 Å². The van der Waals surface area contributed by atoms with Crippen LogP contribution in [0.5, 0.6) is 0 Å². The molecule has 1 fully saturated rings. The number of nitrogens with one attached hydrogen (secondary N) is 1. The number of hydrogen-bond donors (Lipinski definition) is 2. The Morgan fingerprint density at radius 3 is 2.86 bits per heavy atom. The van der Waals surface area contributed by atoms with E-state index < -0.39 is 29.2 Å². The molecule has 13 heteroatoms. The van der Waals surface area contributed by atoms with E-state index in [1.165, 1.54) is 24.9 Å². The van der Waals surface area contributed by atoms with Gasteiger partial charge in [0, 0.05) is 34.9 Å². The number of carboxylic acids is 1. The molecule has 0 bridgehead atoms. The number of fused-ring (bicyclic) bond motifs is 2. The van der Waals surface area contributed by atoms with Gasteiger partial charge in [0.05, 0.1) is 11.7 Å². The van der Waals surface area contributed by atoms with Crippen molar-refractivity contribution in [2.75, 3.05) is 18.6 Å². The zero-order chi connectivity index (χ0) is 25.4. The van der Waals surface area contributed by atoms with Crippen LogP contribution in [0.2, 0.25) is 0 Å². The second-order valence-corrected chi connectivity index (χ2v) is 9.14. The first-order chi connectivity index (χ1) is 17.4. The summed E-state index contributed by atoms with van der Waals surface area (Å²) in [5, 5.41) is 22.4. The first-order valence-corrected chi connectivity index (χ1v) is 11.8. The van der Waals surface area contributed by atoms with E-state index >= 15 is 0 Å². The van der Waals surface area contributed by atoms with E-state index in [-0.39, 0.29) is 29.5 Å². The molecule has 1 aromatic carbocycles. The fraction of sp³-hybridized carbons (Fsp3) is 0.217. The Hall–Kier alpha value is -4.39. The summed E-state index contributed by atoms with van der Waals surface area (Å²) in [6.07, 6.45) is 1.85. The maximum absolute atomic E-state index is 13.0. The molecule has 12 nitrogen and oxygen atoms in total. The average molecular weight is 509 g/mol. The van der Waals surface area contributed by atoms with E-state index in [9.17, 15) is 19.5 Å². The summed E-state index contributed by atoms with van der Waals surface area (Å²) in [7, 11) is 1.25. The Bertz CT molecular complexity index is 1440. The van der Waals surface area contributed by atoms with Crippen molar-refractivity contribution in [3.05, 3.63) is 65.6 Å². The summed E-state index contributed by atoms with van der Waals surface area (Å²) in [5.41, 5.74) is 6.58. The summed E-state index contributed by atoms with van der Waals surface area (Å²) in [6.45, 7) is 0.267. The van der Waals surface area contributed by atoms with Gasteiger partial charge in [0.15, 0.2) is 18.5 Å². The van der Waals surface area contributed by atoms with E-state index in [0.29, 0.717) is 11.3 Å². The number of nitrogen functional groups attached to an aromatic ring is 1. The van der Waals surface area contributed by atoms with Crippen LogP contribution in [0, 0.1) is 0 Å². The van der Waals surface area contributed by atoms with Crippen LogP contribution in [-0.2, 0) is 25.8 Å². The van der Waals surface area contributed by atoms with Crippen LogP contribution in [-0.4, -0.2) is 57.8 Å². The molecule has 0 aliphatic carbocycles. The molecule has 184 valence electrons. The zero-order valence-corrected chi connectivity index (χ0v) is 19.7. The van der Waals surface area contributed by atoms with Crippen molar-refractivity contribution in [3.8, 4) is 0 Å². The van der Waals surface area contributed by atoms with Gasteiger partial charge >= 0.3 is 0 Å². The van der Waals surface area contributed by atoms with Crippen molar-refractivity contribution in [2.45, 2.75) is 18.0 Å². The highest BCUT2D eigenvalue weighted by atomic mass is 32.2. The Morgan fingerprint density at radius 1 is 1.36 bits per heavy atom. The monoisotopic (exact) mass is 508 g/mol. The molecule has 4 heterocycles. The zero-order valence-electron chi connectivity index (χ0n) is 18.9. The third-order valence-electron chi connectivity index (χ3n) is 5.85. The first kappa shape index (κ1) is 23.4. The lowest BCUT2D eigenvalue weighted by atomic mass is 10.0. The third-order valence-corrected chi connectivity index (χ3v) is 7.18. The number of hydrogen-bond acceptors (Lipinski definition) is 10. The van der Waals surface area contributed by atoms with Gasteiger partial charge < -0.3 is 30.3 Å². The Labute approximate surface area is 208 Å². The summed E-state index contributed by atoms with van der Waals surface area (Å²) in [5.74, 6) is -2.47. The van der Waals surface area contributed by atoms with E-state index in [2.05, 4.69) is 15.6 Å². The highest BCUT2D eigenvalue weighted by Gasteiger charge is 2.53. The third kappa shape index (κ3) is 4.02. The number of anilines is 1. The van der Waals surface area contributed by atoms with Gasteiger partial charge in [0.25, 0.3) is 11.8 Å². The SMILES string of the molecule is CO/N=C(\C(=O)NC1C(=O)N2C(C(=O)[O-])=C(C[n+]3cccc4ccccc43)CS[C@H]12)c1cc(N)on1. The van der Waals surface area contributed by atoms with E-state index in [0.717, 1.165) is 15.8 Å². The lowest BCUT2D eigenvalue weighted by molar-refractivity contribution is -0.663. The van der Waals surface area contributed by atoms with Gasteiger partial charge in [0.1, 0.15) is 24.2 Å². The predicted octanol–water partition coefficient (Wildman–Crippen LogP) is -0.848. The van der Waals surface area contributed by atoms with Gasteiger partial charge in [-0.05, 0) is 12.1 Å². The summed E-state index contributed by atoms with van der Waals surface area (Å²) in [4.78, 5) is 43.9. The molecule has 1 unspecified atom stereocenters. The molecule has 3 N–H and O–H groups in total. The average Bonchev–Trinajstić information content (AvgIpc) is 3.31. The number of aliphatic carboxylic acids is 1. The quantitative estimate of drug-likeness (QED) is 0.179.